The molecule has 0 aliphatic heterocycles. The van der Waals surface area contributed by atoms with Gasteiger partial charge in [-0.05, 0) is 31.4 Å². The first-order valence-electron chi connectivity index (χ1n) is 6.28. The maximum Gasteiger partial charge on any atom is 0.136 e. The van der Waals surface area contributed by atoms with Crippen molar-refractivity contribution in [2.45, 2.75) is 40.0 Å². The number of Topliss-reactive ketones (excluding diaryl/α,β-unsaturated/α-hetero) is 1. The van der Waals surface area contributed by atoms with E-state index in [0.29, 0.717) is 12.2 Å². The van der Waals surface area contributed by atoms with Crippen molar-refractivity contribution < 1.29 is 9.53 Å². The summed E-state index contributed by atoms with van der Waals surface area (Å²) in [7, 11) is 1.68. The number of rotatable bonds is 6. The number of benzene rings is 1. The summed E-state index contributed by atoms with van der Waals surface area (Å²) < 4.78 is 5.35. The van der Waals surface area contributed by atoms with Crippen LogP contribution in [-0.4, -0.2) is 12.9 Å². The zero-order valence-corrected chi connectivity index (χ0v) is 11.2. The van der Waals surface area contributed by atoms with E-state index in [0.717, 1.165) is 24.2 Å². The predicted octanol–water partition coefficient (Wildman–Crippen LogP) is 3.55. The highest BCUT2D eigenvalue weighted by atomic mass is 16.5. The number of ketones is 1. The van der Waals surface area contributed by atoms with Gasteiger partial charge in [0.15, 0.2) is 0 Å². The van der Waals surface area contributed by atoms with Crippen LogP contribution in [0.3, 0.4) is 0 Å². The monoisotopic (exact) mass is 234 g/mol. The van der Waals surface area contributed by atoms with Crippen molar-refractivity contribution in [3.05, 3.63) is 29.3 Å². The van der Waals surface area contributed by atoms with Gasteiger partial charge in [0.2, 0.25) is 0 Å². The number of hydrogen-bond acceptors (Lipinski definition) is 2. The molecule has 0 spiro atoms. The highest BCUT2D eigenvalue weighted by Gasteiger charge is 2.17. The summed E-state index contributed by atoms with van der Waals surface area (Å²) in [6, 6.07) is 6.13. The minimum absolute atomic E-state index is 0.121. The van der Waals surface area contributed by atoms with Crippen molar-refractivity contribution >= 4 is 5.78 Å². The van der Waals surface area contributed by atoms with Crippen LogP contribution >= 0.6 is 0 Å². The number of aryl methyl sites for hydroxylation is 1. The molecule has 1 aromatic carbocycles. The quantitative estimate of drug-likeness (QED) is 0.752. The van der Waals surface area contributed by atoms with E-state index in [4.69, 9.17) is 4.74 Å². The Morgan fingerprint density at radius 3 is 2.59 bits per heavy atom. The van der Waals surface area contributed by atoms with Crippen LogP contribution in [-0.2, 0) is 11.2 Å². The average molecular weight is 234 g/mol. The summed E-state index contributed by atoms with van der Waals surface area (Å²) in [5.41, 5.74) is 2.35. The van der Waals surface area contributed by atoms with Crippen LogP contribution in [0.1, 0.15) is 37.8 Å². The largest absolute Gasteiger partial charge is 0.496 e. The van der Waals surface area contributed by atoms with E-state index in [2.05, 4.69) is 19.9 Å². The molecule has 0 bridgehead atoms. The first-order valence-corrected chi connectivity index (χ1v) is 6.28. The Bertz CT molecular complexity index is 383. The molecule has 0 heterocycles. The SMILES string of the molecule is CCC(=O)C(CC)Cc1cc(C)ccc1OC. The molecule has 0 saturated carbocycles. The maximum atomic E-state index is 11.8. The molecule has 0 radical (unpaired) electrons. The van der Waals surface area contributed by atoms with Gasteiger partial charge in [0, 0.05) is 12.3 Å². The summed E-state index contributed by atoms with van der Waals surface area (Å²) >= 11 is 0. The summed E-state index contributed by atoms with van der Waals surface area (Å²) in [5, 5.41) is 0. The molecular weight excluding hydrogens is 212 g/mol. The van der Waals surface area contributed by atoms with Gasteiger partial charge in [-0.25, -0.2) is 0 Å². The average Bonchev–Trinajstić information content (AvgIpc) is 2.35. The number of methoxy groups -OCH3 is 1. The van der Waals surface area contributed by atoms with Gasteiger partial charge in [-0.3, -0.25) is 4.79 Å². The van der Waals surface area contributed by atoms with Crippen molar-refractivity contribution in [1.29, 1.82) is 0 Å². The van der Waals surface area contributed by atoms with Crippen molar-refractivity contribution in [3.63, 3.8) is 0 Å². The molecule has 0 fully saturated rings. The Labute approximate surface area is 104 Å². The van der Waals surface area contributed by atoms with Gasteiger partial charge in [0.25, 0.3) is 0 Å². The van der Waals surface area contributed by atoms with Crippen LogP contribution in [0, 0.1) is 12.8 Å². The smallest absolute Gasteiger partial charge is 0.136 e. The van der Waals surface area contributed by atoms with Crippen molar-refractivity contribution in [3.8, 4) is 5.75 Å². The topological polar surface area (TPSA) is 26.3 Å². The molecule has 0 N–H and O–H groups in total. The Morgan fingerprint density at radius 1 is 1.35 bits per heavy atom. The van der Waals surface area contributed by atoms with Crippen LogP contribution < -0.4 is 4.74 Å². The third kappa shape index (κ3) is 3.58. The molecule has 1 unspecified atom stereocenters. The van der Waals surface area contributed by atoms with Gasteiger partial charge in [-0.2, -0.15) is 0 Å². The third-order valence-electron chi connectivity index (χ3n) is 3.20. The highest BCUT2D eigenvalue weighted by Crippen LogP contribution is 2.24. The zero-order valence-electron chi connectivity index (χ0n) is 11.2. The fourth-order valence-corrected chi connectivity index (χ4v) is 2.11. The molecule has 0 aromatic heterocycles. The van der Waals surface area contributed by atoms with Gasteiger partial charge in [0.1, 0.15) is 11.5 Å². The molecule has 2 nitrogen and oxygen atoms in total. The first-order chi connectivity index (χ1) is 8.12. The number of hydrogen-bond donors (Lipinski definition) is 0. The fourth-order valence-electron chi connectivity index (χ4n) is 2.11. The molecule has 17 heavy (non-hydrogen) atoms. The minimum atomic E-state index is 0.121. The second-order valence-corrected chi connectivity index (χ2v) is 4.44. The van der Waals surface area contributed by atoms with Crippen LogP contribution in [0.5, 0.6) is 5.75 Å². The van der Waals surface area contributed by atoms with Gasteiger partial charge in [-0.15, -0.1) is 0 Å². The van der Waals surface area contributed by atoms with E-state index >= 15 is 0 Å². The highest BCUT2D eigenvalue weighted by molar-refractivity contribution is 5.81. The number of carbonyl (C=O) groups excluding carboxylic acids is 1. The third-order valence-corrected chi connectivity index (χ3v) is 3.20. The van der Waals surface area contributed by atoms with Crippen molar-refractivity contribution in [2.75, 3.05) is 7.11 Å². The Hall–Kier alpha value is -1.31. The van der Waals surface area contributed by atoms with E-state index in [1.165, 1.54) is 5.56 Å². The minimum Gasteiger partial charge on any atom is -0.496 e. The number of ether oxygens (including phenoxy) is 1. The standard InChI is InChI=1S/C15H22O2/c1-5-12(14(16)6-2)10-13-9-11(3)7-8-15(13)17-4/h7-9,12H,5-6,10H2,1-4H3. The summed E-state index contributed by atoms with van der Waals surface area (Å²) in [6.07, 6.45) is 2.30. The van der Waals surface area contributed by atoms with Crippen LogP contribution in [0.25, 0.3) is 0 Å². The second-order valence-electron chi connectivity index (χ2n) is 4.44. The normalized spacial score (nSPS) is 12.2. The van der Waals surface area contributed by atoms with Gasteiger partial charge < -0.3 is 4.74 Å². The van der Waals surface area contributed by atoms with Crippen LogP contribution in [0.15, 0.2) is 18.2 Å². The Kier molecular flexibility index (Phi) is 5.20. The zero-order chi connectivity index (χ0) is 12.8. The van der Waals surface area contributed by atoms with Gasteiger partial charge >= 0.3 is 0 Å². The van der Waals surface area contributed by atoms with Crippen molar-refractivity contribution in [1.82, 2.24) is 0 Å². The molecule has 0 saturated heterocycles. The molecule has 0 aliphatic rings. The van der Waals surface area contributed by atoms with E-state index in [-0.39, 0.29) is 5.92 Å². The predicted molar refractivity (Wildman–Crippen MR) is 70.5 cm³/mol. The first kappa shape index (κ1) is 13.8. The molecule has 0 amide bonds. The molecule has 0 aliphatic carbocycles. The molecular formula is C15H22O2. The summed E-state index contributed by atoms with van der Waals surface area (Å²) in [5.74, 6) is 1.35. The van der Waals surface area contributed by atoms with Crippen LogP contribution in [0.4, 0.5) is 0 Å². The van der Waals surface area contributed by atoms with E-state index in [9.17, 15) is 4.79 Å². The molecule has 1 atom stereocenters. The lowest BCUT2D eigenvalue weighted by Crippen LogP contribution is -2.15. The van der Waals surface area contributed by atoms with Gasteiger partial charge in [-0.1, -0.05) is 31.5 Å². The molecule has 94 valence electrons. The number of carbonyl (C=O) groups is 1. The summed E-state index contributed by atoms with van der Waals surface area (Å²) in [6.45, 7) is 6.06. The fraction of sp³-hybridized carbons (Fsp3) is 0.533. The van der Waals surface area contributed by atoms with Gasteiger partial charge in [0.05, 0.1) is 7.11 Å². The Morgan fingerprint density at radius 2 is 2.06 bits per heavy atom. The summed E-state index contributed by atoms with van der Waals surface area (Å²) in [4.78, 5) is 11.8. The van der Waals surface area contributed by atoms with Crippen molar-refractivity contribution in [2.24, 2.45) is 5.92 Å². The molecule has 1 aromatic rings. The Balaban J connectivity index is 2.92. The van der Waals surface area contributed by atoms with E-state index < -0.39 is 0 Å². The maximum absolute atomic E-state index is 11.8. The lowest BCUT2D eigenvalue weighted by molar-refractivity contribution is -0.122. The van der Waals surface area contributed by atoms with Crippen LogP contribution in [0.2, 0.25) is 0 Å². The lowest BCUT2D eigenvalue weighted by atomic mass is 9.91. The van der Waals surface area contributed by atoms with E-state index in [1.54, 1.807) is 7.11 Å². The molecule has 1 rings (SSSR count). The van der Waals surface area contributed by atoms with E-state index in [1.807, 2.05) is 19.1 Å². The second kappa shape index (κ2) is 6.43. The molecule has 2 heteroatoms. The lowest BCUT2D eigenvalue weighted by Gasteiger charge is -2.15.